The molecule has 4 rings (SSSR count). The zero-order valence-electron chi connectivity index (χ0n) is 19.4. The maximum Gasteiger partial charge on any atom is 0.337 e. The number of benzene rings is 3. The van der Waals surface area contributed by atoms with Gasteiger partial charge in [-0.25, -0.2) is 13.2 Å². The number of fused-ring (bicyclic) bond motifs is 2. The minimum Gasteiger partial charge on any atom is -0.478 e. The summed E-state index contributed by atoms with van der Waals surface area (Å²) >= 11 is 0. The van der Waals surface area contributed by atoms with Crippen molar-refractivity contribution < 1.29 is 35.9 Å². The summed E-state index contributed by atoms with van der Waals surface area (Å²) in [4.78, 5) is 12.6. The number of carbonyl (C=O) groups is 1. The van der Waals surface area contributed by atoms with Gasteiger partial charge >= 0.3 is 5.97 Å². The van der Waals surface area contributed by atoms with Gasteiger partial charge in [-0.1, -0.05) is 30.3 Å². The van der Waals surface area contributed by atoms with Gasteiger partial charge in [-0.15, -0.1) is 0 Å². The molecule has 4 aromatic rings. The van der Waals surface area contributed by atoms with Crippen molar-refractivity contribution in [2.45, 2.75) is 31.7 Å². The van der Waals surface area contributed by atoms with Crippen LogP contribution in [0.4, 0.5) is 0 Å². The smallest absolute Gasteiger partial charge is 0.337 e. The summed E-state index contributed by atoms with van der Waals surface area (Å²) in [6, 6.07) is 15.1. The predicted molar refractivity (Wildman–Crippen MR) is 138 cm³/mol. The quantitative estimate of drug-likeness (QED) is 0.151. The molecule has 0 unspecified atom stereocenters. The van der Waals surface area contributed by atoms with E-state index in [1.165, 1.54) is 6.07 Å². The number of carboxylic acid groups (broad SMARTS) is 1. The summed E-state index contributed by atoms with van der Waals surface area (Å²) in [6.45, 7) is 3.61. The molecule has 0 aliphatic rings. The zero-order valence-corrected chi connectivity index (χ0v) is 21.8. The summed E-state index contributed by atoms with van der Waals surface area (Å²) in [5, 5.41) is 11.1. The van der Waals surface area contributed by atoms with E-state index in [1.54, 1.807) is 62.4 Å². The summed E-state index contributed by atoms with van der Waals surface area (Å²) in [5.41, 5.74) is 3.32. The molecule has 0 fully saturated rings. The molecular formula is C25H23ClNO7S2+. The van der Waals surface area contributed by atoms with Gasteiger partial charge < -0.3 is 5.11 Å². The molecule has 0 bridgehead atoms. The standard InChI is InChI=1S/C25H22ClNO7S2/c1-15-11-12-21(36(26,33)34)16(2)22(15)18-8-5-10-20-23(18)24(25(28)29)17-7-3-4-9-19(17)27(20)13-6-14-35(30,31)32/h3-5,7-12H,6,13-14H2,1-2H3,(H-,28,29,30,31,32)/p+1. The van der Waals surface area contributed by atoms with Crippen LogP contribution in [-0.4, -0.2) is 38.2 Å². The highest BCUT2D eigenvalue weighted by atomic mass is 35.7. The van der Waals surface area contributed by atoms with E-state index in [9.17, 15) is 31.3 Å². The van der Waals surface area contributed by atoms with Crippen LogP contribution < -0.4 is 4.57 Å². The van der Waals surface area contributed by atoms with Crippen molar-refractivity contribution in [3.8, 4) is 11.1 Å². The number of hydrogen-bond acceptors (Lipinski definition) is 5. The Kier molecular flexibility index (Phi) is 6.82. The van der Waals surface area contributed by atoms with E-state index >= 15 is 0 Å². The van der Waals surface area contributed by atoms with Gasteiger partial charge in [0.15, 0.2) is 6.54 Å². The van der Waals surface area contributed by atoms with Crippen molar-refractivity contribution in [3.63, 3.8) is 0 Å². The number of carboxylic acids is 1. The molecule has 0 amide bonds. The lowest BCUT2D eigenvalue weighted by atomic mass is 9.89. The van der Waals surface area contributed by atoms with Crippen LogP contribution in [0.25, 0.3) is 32.9 Å². The average molecular weight is 549 g/mol. The fourth-order valence-electron chi connectivity index (χ4n) is 4.80. The number of hydrogen-bond donors (Lipinski definition) is 2. The molecule has 3 aromatic carbocycles. The molecule has 188 valence electrons. The molecule has 1 aromatic heterocycles. The van der Waals surface area contributed by atoms with Crippen molar-refractivity contribution in [2.75, 3.05) is 5.75 Å². The number of nitrogens with zero attached hydrogens (tertiary/aromatic N) is 1. The molecule has 0 atom stereocenters. The van der Waals surface area contributed by atoms with E-state index in [0.29, 0.717) is 38.5 Å². The highest BCUT2D eigenvalue weighted by Crippen LogP contribution is 2.39. The first kappa shape index (κ1) is 26.0. The Morgan fingerprint density at radius 1 is 0.944 bits per heavy atom. The predicted octanol–water partition coefficient (Wildman–Crippen LogP) is 4.47. The summed E-state index contributed by atoms with van der Waals surface area (Å²) in [6.07, 6.45) is 0.0945. The van der Waals surface area contributed by atoms with Gasteiger partial charge in [0.25, 0.3) is 19.2 Å². The Balaban J connectivity index is 2.16. The van der Waals surface area contributed by atoms with Crippen LogP contribution in [0.15, 0.2) is 59.5 Å². The first-order chi connectivity index (χ1) is 16.8. The molecule has 1 heterocycles. The second-order valence-electron chi connectivity index (χ2n) is 8.51. The summed E-state index contributed by atoms with van der Waals surface area (Å²) in [5.74, 6) is -1.62. The first-order valence-electron chi connectivity index (χ1n) is 10.9. The van der Waals surface area contributed by atoms with Crippen molar-refractivity contribution in [2.24, 2.45) is 0 Å². The van der Waals surface area contributed by atoms with Crippen molar-refractivity contribution in [1.29, 1.82) is 0 Å². The zero-order chi connectivity index (χ0) is 26.4. The largest absolute Gasteiger partial charge is 0.478 e. The number of aromatic nitrogens is 1. The Morgan fingerprint density at radius 3 is 2.25 bits per heavy atom. The van der Waals surface area contributed by atoms with Crippen LogP contribution in [0.1, 0.15) is 27.9 Å². The molecule has 0 saturated heterocycles. The molecule has 0 saturated carbocycles. The monoisotopic (exact) mass is 548 g/mol. The topological polar surface area (TPSA) is 130 Å². The molecule has 0 aliphatic heterocycles. The number of pyridine rings is 1. The highest BCUT2D eigenvalue weighted by Gasteiger charge is 2.28. The second-order valence-corrected chi connectivity index (χ2v) is 12.6. The third kappa shape index (κ3) is 4.81. The number of aromatic carboxylic acids is 1. The van der Waals surface area contributed by atoms with Gasteiger partial charge in [0.2, 0.25) is 11.0 Å². The van der Waals surface area contributed by atoms with Crippen LogP contribution in [-0.2, 0) is 25.7 Å². The molecule has 2 N–H and O–H groups in total. The Hall–Kier alpha value is -3.05. The first-order valence-corrected chi connectivity index (χ1v) is 14.8. The third-order valence-electron chi connectivity index (χ3n) is 6.20. The SMILES string of the molecule is Cc1ccc(S(=O)(=O)Cl)c(C)c1-c1cccc2c1c(C(=O)O)c1ccccc1[n+]2CCCS(=O)(=O)O. The minimum absolute atomic E-state index is 0.0418. The summed E-state index contributed by atoms with van der Waals surface area (Å²) in [7, 11) is -2.56. The van der Waals surface area contributed by atoms with Gasteiger partial charge in [0, 0.05) is 29.2 Å². The minimum atomic E-state index is -4.18. The van der Waals surface area contributed by atoms with Gasteiger partial charge in [-0.3, -0.25) is 4.55 Å². The van der Waals surface area contributed by atoms with Crippen LogP contribution in [0.2, 0.25) is 0 Å². The number of para-hydroxylation sites is 1. The van der Waals surface area contributed by atoms with E-state index in [4.69, 9.17) is 10.7 Å². The summed E-state index contributed by atoms with van der Waals surface area (Å²) < 4.78 is 58.1. The van der Waals surface area contributed by atoms with Crippen LogP contribution in [0.3, 0.4) is 0 Å². The maximum atomic E-state index is 12.6. The lowest BCUT2D eigenvalue weighted by molar-refractivity contribution is -0.645. The van der Waals surface area contributed by atoms with Crippen molar-refractivity contribution in [1.82, 2.24) is 0 Å². The van der Waals surface area contributed by atoms with Crippen molar-refractivity contribution >= 4 is 57.6 Å². The Labute approximate surface area is 212 Å². The van der Waals surface area contributed by atoms with Crippen LogP contribution in [0, 0.1) is 13.8 Å². The molecule has 36 heavy (non-hydrogen) atoms. The normalized spacial score (nSPS) is 12.3. The molecule has 0 radical (unpaired) electrons. The number of aryl methyl sites for hydroxylation is 2. The lowest BCUT2D eigenvalue weighted by Crippen LogP contribution is -2.37. The molecule has 0 spiro atoms. The number of rotatable bonds is 7. The fourth-order valence-corrected chi connectivity index (χ4v) is 6.49. The van der Waals surface area contributed by atoms with Gasteiger partial charge in [-0.05, 0) is 48.2 Å². The molecule has 11 heteroatoms. The fraction of sp³-hybridized carbons (Fsp3) is 0.200. The molecule has 0 aliphatic carbocycles. The Morgan fingerprint density at radius 2 is 1.61 bits per heavy atom. The van der Waals surface area contributed by atoms with Crippen LogP contribution in [0.5, 0.6) is 0 Å². The average Bonchev–Trinajstić information content (AvgIpc) is 2.77. The van der Waals surface area contributed by atoms with E-state index in [0.717, 1.165) is 5.56 Å². The van der Waals surface area contributed by atoms with Crippen LogP contribution >= 0.6 is 10.7 Å². The second kappa shape index (κ2) is 9.44. The van der Waals surface area contributed by atoms with Gasteiger partial charge in [0.1, 0.15) is 0 Å². The molecule has 8 nitrogen and oxygen atoms in total. The number of halogens is 1. The van der Waals surface area contributed by atoms with E-state index in [-0.39, 0.29) is 23.4 Å². The van der Waals surface area contributed by atoms with Crippen molar-refractivity contribution in [3.05, 3.63) is 71.3 Å². The molecular weight excluding hydrogens is 526 g/mol. The maximum absolute atomic E-state index is 12.6. The van der Waals surface area contributed by atoms with Gasteiger partial charge in [0.05, 0.1) is 27.0 Å². The van der Waals surface area contributed by atoms with Gasteiger partial charge in [-0.2, -0.15) is 13.0 Å². The highest BCUT2D eigenvalue weighted by molar-refractivity contribution is 8.13. The van der Waals surface area contributed by atoms with E-state index in [1.807, 2.05) is 4.57 Å². The third-order valence-corrected chi connectivity index (χ3v) is 8.47. The lowest BCUT2D eigenvalue weighted by Gasteiger charge is -2.17. The Bertz CT molecular complexity index is 1770. The van der Waals surface area contributed by atoms with E-state index in [2.05, 4.69) is 0 Å². The van der Waals surface area contributed by atoms with E-state index < -0.39 is 30.9 Å².